The average molecular weight is 561 g/mol. The van der Waals surface area contributed by atoms with Crippen LogP contribution in [-0.4, -0.2) is 55.4 Å². The number of fused-ring (bicyclic) bond motifs is 1. The number of rotatable bonds is 14. The van der Waals surface area contributed by atoms with Crippen LogP contribution in [0, 0.1) is 0 Å². The minimum absolute atomic E-state index is 0.301. The van der Waals surface area contributed by atoms with Gasteiger partial charge in [0.25, 0.3) is 0 Å². The van der Waals surface area contributed by atoms with Gasteiger partial charge in [0, 0.05) is 45.3 Å². The summed E-state index contributed by atoms with van der Waals surface area (Å²) in [4.78, 5) is 21.2. The molecule has 0 saturated carbocycles. The standard InChI is InChI=1S/C30H36N4O5Si/c1-6-27(35)32-23-10-8-12-25(18-23)39-28-19-31-30-29(33-28)26(20-34(30)21-37-15-16-40(3,4)5)22-9-7-11-24(17-22)38-14-13-36-2/h6-12,17-20H,1,13-16,21H2,2-5H3,(H,32,35). The molecule has 0 aliphatic rings. The molecule has 0 aliphatic heterocycles. The summed E-state index contributed by atoms with van der Waals surface area (Å²) in [5, 5.41) is 2.73. The highest BCUT2D eigenvalue weighted by Gasteiger charge is 2.17. The monoisotopic (exact) mass is 560 g/mol. The molecule has 2 aromatic carbocycles. The lowest BCUT2D eigenvalue weighted by Gasteiger charge is -2.15. The highest BCUT2D eigenvalue weighted by atomic mass is 28.3. The van der Waals surface area contributed by atoms with E-state index in [1.54, 1.807) is 37.6 Å². The molecule has 2 heterocycles. The van der Waals surface area contributed by atoms with Gasteiger partial charge in [-0.1, -0.05) is 44.4 Å². The zero-order chi connectivity index (χ0) is 28.5. The zero-order valence-corrected chi connectivity index (χ0v) is 24.5. The summed E-state index contributed by atoms with van der Waals surface area (Å²) in [6, 6.07) is 16.0. The van der Waals surface area contributed by atoms with Crippen LogP contribution in [0.15, 0.2) is 73.6 Å². The molecule has 40 heavy (non-hydrogen) atoms. The molecular formula is C30H36N4O5Si. The number of amides is 1. The van der Waals surface area contributed by atoms with Gasteiger partial charge in [-0.25, -0.2) is 9.97 Å². The van der Waals surface area contributed by atoms with Crippen molar-refractivity contribution >= 4 is 30.8 Å². The van der Waals surface area contributed by atoms with Crippen molar-refractivity contribution in [2.45, 2.75) is 32.4 Å². The van der Waals surface area contributed by atoms with Gasteiger partial charge in [0.15, 0.2) is 5.65 Å². The topological polar surface area (TPSA) is 96.7 Å². The molecule has 0 saturated heterocycles. The van der Waals surface area contributed by atoms with Gasteiger partial charge in [-0.05, 0) is 41.9 Å². The summed E-state index contributed by atoms with van der Waals surface area (Å²) >= 11 is 0. The second kappa shape index (κ2) is 13.4. The van der Waals surface area contributed by atoms with Crippen LogP contribution in [0.4, 0.5) is 5.69 Å². The van der Waals surface area contributed by atoms with Crippen molar-refractivity contribution in [2.75, 3.05) is 32.2 Å². The van der Waals surface area contributed by atoms with Crippen molar-refractivity contribution in [2.24, 2.45) is 0 Å². The fraction of sp³-hybridized carbons (Fsp3) is 0.300. The number of hydrogen-bond donors (Lipinski definition) is 1. The second-order valence-electron chi connectivity index (χ2n) is 10.4. The molecule has 0 unspecified atom stereocenters. The first kappa shape index (κ1) is 29.0. The fourth-order valence-electron chi connectivity index (χ4n) is 3.88. The highest BCUT2D eigenvalue weighted by Crippen LogP contribution is 2.33. The third kappa shape index (κ3) is 8.01. The third-order valence-corrected chi connectivity index (χ3v) is 7.68. The molecule has 0 bridgehead atoms. The van der Waals surface area contributed by atoms with Crippen LogP contribution in [-0.2, 0) is 21.0 Å². The number of nitrogens with zero attached hydrogens (tertiary/aromatic N) is 3. The number of ether oxygens (including phenoxy) is 4. The molecule has 4 rings (SSSR count). The van der Waals surface area contributed by atoms with E-state index in [9.17, 15) is 4.79 Å². The Morgan fingerprint density at radius 1 is 1.07 bits per heavy atom. The predicted octanol–water partition coefficient (Wildman–Crippen LogP) is 6.35. The SMILES string of the molecule is C=CC(=O)Nc1cccc(Oc2cnc3c(n2)c(-c2cccc(OCCOC)c2)cn3COCC[Si](C)(C)C)c1. The fourth-order valence-corrected chi connectivity index (χ4v) is 4.64. The first-order valence-corrected chi connectivity index (χ1v) is 16.8. The molecule has 0 atom stereocenters. The molecule has 0 fully saturated rings. The van der Waals surface area contributed by atoms with E-state index in [-0.39, 0.29) is 5.91 Å². The van der Waals surface area contributed by atoms with Gasteiger partial charge in [0.2, 0.25) is 11.8 Å². The van der Waals surface area contributed by atoms with Crippen molar-refractivity contribution in [3.05, 3.63) is 73.6 Å². The van der Waals surface area contributed by atoms with Gasteiger partial charge in [-0.15, -0.1) is 0 Å². The first-order valence-electron chi connectivity index (χ1n) is 13.1. The number of benzene rings is 2. The van der Waals surface area contributed by atoms with E-state index in [0.717, 1.165) is 22.9 Å². The molecule has 0 radical (unpaired) electrons. The molecule has 9 nitrogen and oxygen atoms in total. The molecule has 0 aliphatic carbocycles. The number of nitrogens with one attached hydrogen (secondary N) is 1. The lowest BCUT2D eigenvalue weighted by atomic mass is 10.1. The highest BCUT2D eigenvalue weighted by molar-refractivity contribution is 6.76. The molecule has 1 N–H and O–H groups in total. The number of methoxy groups -OCH3 is 1. The lowest BCUT2D eigenvalue weighted by molar-refractivity contribution is -0.111. The Kier molecular flexibility index (Phi) is 9.70. The lowest BCUT2D eigenvalue weighted by Crippen LogP contribution is -2.22. The van der Waals surface area contributed by atoms with E-state index >= 15 is 0 Å². The largest absolute Gasteiger partial charge is 0.491 e. The van der Waals surface area contributed by atoms with Crippen LogP contribution in [0.2, 0.25) is 25.7 Å². The summed E-state index contributed by atoms with van der Waals surface area (Å²) in [5.41, 5.74) is 3.76. The van der Waals surface area contributed by atoms with Crippen LogP contribution in [0.3, 0.4) is 0 Å². The van der Waals surface area contributed by atoms with Crippen molar-refractivity contribution in [1.82, 2.24) is 14.5 Å². The van der Waals surface area contributed by atoms with E-state index < -0.39 is 8.07 Å². The number of hydrogen-bond acceptors (Lipinski definition) is 7. The molecule has 210 valence electrons. The van der Waals surface area contributed by atoms with Crippen LogP contribution < -0.4 is 14.8 Å². The summed E-state index contributed by atoms with van der Waals surface area (Å²) in [6.07, 6.45) is 4.80. The normalized spacial score (nSPS) is 11.4. The summed E-state index contributed by atoms with van der Waals surface area (Å²) in [5.74, 6) is 1.27. The number of carbonyl (C=O) groups excluding carboxylic acids is 1. The third-order valence-electron chi connectivity index (χ3n) is 5.98. The van der Waals surface area contributed by atoms with E-state index in [4.69, 9.17) is 28.9 Å². The molecule has 0 spiro atoms. The van der Waals surface area contributed by atoms with Crippen molar-refractivity contribution in [1.29, 1.82) is 0 Å². The minimum Gasteiger partial charge on any atom is -0.491 e. The second-order valence-corrected chi connectivity index (χ2v) is 16.1. The molecule has 2 aromatic heterocycles. The Morgan fingerprint density at radius 3 is 2.65 bits per heavy atom. The maximum atomic E-state index is 11.7. The van der Waals surface area contributed by atoms with Crippen LogP contribution in [0.25, 0.3) is 22.3 Å². The quantitative estimate of drug-likeness (QED) is 0.109. The van der Waals surface area contributed by atoms with E-state index in [1.807, 2.05) is 35.0 Å². The number of carbonyl (C=O) groups is 1. The first-order chi connectivity index (χ1) is 19.3. The Balaban J connectivity index is 1.65. The van der Waals surface area contributed by atoms with E-state index in [2.05, 4.69) is 31.5 Å². The molecule has 1 amide bonds. The minimum atomic E-state index is -1.21. The summed E-state index contributed by atoms with van der Waals surface area (Å²) in [6.45, 7) is 12.5. The molecular weight excluding hydrogens is 524 g/mol. The smallest absolute Gasteiger partial charge is 0.247 e. The zero-order valence-electron chi connectivity index (χ0n) is 23.5. The van der Waals surface area contributed by atoms with Crippen molar-refractivity contribution < 1.29 is 23.7 Å². The molecule has 4 aromatic rings. The van der Waals surface area contributed by atoms with E-state index in [1.165, 1.54) is 6.08 Å². The van der Waals surface area contributed by atoms with Crippen LogP contribution in [0.1, 0.15) is 0 Å². The Hall–Kier alpha value is -3.99. The van der Waals surface area contributed by atoms with Gasteiger partial charge in [0.1, 0.15) is 30.4 Å². The van der Waals surface area contributed by atoms with Gasteiger partial charge in [0.05, 0.1) is 12.8 Å². The summed E-state index contributed by atoms with van der Waals surface area (Å²) in [7, 11) is 0.438. The maximum absolute atomic E-state index is 11.7. The van der Waals surface area contributed by atoms with Crippen molar-refractivity contribution in [3.8, 4) is 28.5 Å². The Morgan fingerprint density at radius 2 is 1.88 bits per heavy atom. The van der Waals surface area contributed by atoms with Crippen molar-refractivity contribution in [3.63, 3.8) is 0 Å². The average Bonchev–Trinajstić information content (AvgIpc) is 3.29. The Bertz CT molecular complexity index is 1460. The number of aromatic nitrogens is 3. The van der Waals surface area contributed by atoms with Crippen LogP contribution >= 0.6 is 0 Å². The van der Waals surface area contributed by atoms with Crippen LogP contribution in [0.5, 0.6) is 17.4 Å². The van der Waals surface area contributed by atoms with Gasteiger partial charge in [-0.2, -0.15) is 0 Å². The van der Waals surface area contributed by atoms with Gasteiger partial charge >= 0.3 is 0 Å². The number of anilines is 1. The van der Waals surface area contributed by atoms with Gasteiger partial charge in [-0.3, -0.25) is 4.79 Å². The van der Waals surface area contributed by atoms with Gasteiger partial charge < -0.3 is 28.8 Å². The predicted molar refractivity (Wildman–Crippen MR) is 160 cm³/mol. The Labute approximate surface area is 235 Å². The maximum Gasteiger partial charge on any atom is 0.247 e. The van der Waals surface area contributed by atoms with E-state index in [0.29, 0.717) is 55.0 Å². The summed E-state index contributed by atoms with van der Waals surface area (Å²) < 4.78 is 25.0. The molecule has 10 heteroatoms.